The number of amides is 2. The van der Waals surface area contributed by atoms with Crippen LogP contribution >= 0.6 is 11.6 Å². The van der Waals surface area contributed by atoms with Gasteiger partial charge in [0.15, 0.2) is 0 Å². The van der Waals surface area contributed by atoms with Crippen LogP contribution in [0.4, 0.5) is 24.5 Å². The van der Waals surface area contributed by atoms with Crippen LogP contribution in [0, 0.1) is 6.92 Å². The van der Waals surface area contributed by atoms with Crippen molar-refractivity contribution < 1.29 is 22.8 Å². The first kappa shape index (κ1) is 25.2. The zero-order chi connectivity index (χ0) is 24.9. The molecule has 12 heteroatoms. The first-order valence-electron chi connectivity index (χ1n) is 10.2. The van der Waals surface area contributed by atoms with Gasteiger partial charge in [-0.2, -0.15) is 18.3 Å². The molecule has 0 atom stereocenters. The highest BCUT2D eigenvalue weighted by Crippen LogP contribution is 2.33. The van der Waals surface area contributed by atoms with Crippen LogP contribution < -0.4 is 10.6 Å². The molecule has 8 nitrogen and oxygen atoms in total. The van der Waals surface area contributed by atoms with E-state index in [1.807, 2.05) is 6.92 Å². The SMILES string of the molecule is CCN(CC(=O)Nc1cc(Cl)ccc1C)CC(=O)Nc1cc(C(F)(F)F)ccc1-n1cncn1. The third-order valence-electron chi connectivity index (χ3n) is 4.92. The standard InChI is InChI=1S/C22H22ClF3N6O2/c1-3-31(10-20(33)29-17-9-16(23)6-4-14(17)2)11-21(34)30-18-8-15(22(24,25)26)5-7-19(18)32-13-27-12-28-32/h4-9,12-13H,3,10-11H2,1-2H3,(H,29,33)(H,30,34). The molecule has 2 amide bonds. The van der Waals surface area contributed by atoms with Crippen LogP contribution in [0.5, 0.6) is 0 Å². The maximum Gasteiger partial charge on any atom is 0.416 e. The molecule has 0 fully saturated rings. The summed E-state index contributed by atoms with van der Waals surface area (Å²) in [5, 5.41) is 9.63. The van der Waals surface area contributed by atoms with Crippen molar-refractivity contribution in [1.82, 2.24) is 19.7 Å². The lowest BCUT2D eigenvalue weighted by Crippen LogP contribution is -2.38. The zero-order valence-electron chi connectivity index (χ0n) is 18.4. The lowest BCUT2D eigenvalue weighted by atomic mass is 10.1. The number of halogens is 4. The minimum Gasteiger partial charge on any atom is -0.325 e. The van der Waals surface area contributed by atoms with Gasteiger partial charge in [-0.1, -0.05) is 24.6 Å². The van der Waals surface area contributed by atoms with Gasteiger partial charge in [0, 0.05) is 10.7 Å². The molecule has 0 bridgehead atoms. The van der Waals surface area contributed by atoms with E-state index in [2.05, 4.69) is 20.7 Å². The Balaban J connectivity index is 1.71. The number of carbonyl (C=O) groups is 2. The number of alkyl halides is 3. The van der Waals surface area contributed by atoms with Crippen molar-refractivity contribution in [3.63, 3.8) is 0 Å². The van der Waals surface area contributed by atoms with Crippen molar-refractivity contribution >= 4 is 34.8 Å². The van der Waals surface area contributed by atoms with Crippen molar-refractivity contribution in [3.05, 3.63) is 65.2 Å². The number of nitrogens with one attached hydrogen (secondary N) is 2. The molecule has 2 N–H and O–H groups in total. The summed E-state index contributed by atoms with van der Waals surface area (Å²) in [5.41, 5.74) is 0.593. The number of rotatable bonds is 8. The molecule has 0 spiro atoms. The summed E-state index contributed by atoms with van der Waals surface area (Å²) in [7, 11) is 0. The van der Waals surface area contributed by atoms with Gasteiger partial charge in [-0.3, -0.25) is 14.5 Å². The van der Waals surface area contributed by atoms with E-state index in [0.29, 0.717) is 17.3 Å². The average Bonchev–Trinajstić information content (AvgIpc) is 3.29. The smallest absolute Gasteiger partial charge is 0.325 e. The number of nitrogens with zero attached hydrogens (tertiary/aromatic N) is 4. The van der Waals surface area contributed by atoms with E-state index in [1.54, 1.807) is 30.0 Å². The predicted molar refractivity (Wildman–Crippen MR) is 122 cm³/mol. The Morgan fingerprint density at radius 1 is 1.06 bits per heavy atom. The summed E-state index contributed by atoms with van der Waals surface area (Å²) in [6.45, 7) is 3.61. The highest BCUT2D eigenvalue weighted by atomic mass is 35.5. The van der Waals surface area contributed by atoms with Gasteiger partial charge in [0.25, 0.3) is 0 Å². The Kier molecular flexibility index (Phi) is 7.90. The van der Waals surface area contributed by atoms with Crippen molar-refractivity contribution in [2.45, 2.75) is 20.0 Å². The molecule has 0 aliphatic rings. The average molecular weight is 495 g/mol. The molecule has 0 unspecified atom stereocenters. The van der Waals surface area contributed by atoms with Crippen molar-refractivity contribution in [1.29, 1.82) is 0 Å². The molecule has 0 aliphatic carbocycles. The van der Waals surface area contributed by atoms with Crippen LogP contribution in [0.25, 0.3) is 5.69 Å². The number of hydrogen-bond acceptors (Lipinski definition) is 5. The fourth-order valence-electron chi connectivity index (χ4n) is 3.14. The molecule has 1 heterocycles. The second kappa shape index (κ2) is 10.7. The van der Waals surface area contributed by atoms with Crippen LogP contribution in [0.15, 0.2) is 49.1 Å². The minimum absolute atomic E-state index is 0.0830. The summed E-state index contributed by atoms with van der Waals surface area (Å²) >= 11 is 5.97. The van der Waals surface area contributed by atoms with Gasteiger partial charge in [0.1, 0.15) is 12.7 Å². The van der Waals surface area contributed by atoms with Gasteiger partial charge in [0.05, 0.1) is 30.0 Å². The molecular weight excluding hydrogens is 473 g/mol. The first-order chi connectivity index (χ1) is 16.1. The van der Waals surface area contributed by atoms with Gasteiger partial charge in [0.2, 0.25) is 11.8 Å². The van der Waals surface area contributed by atoms with E-state index in [0.717, 1.165) is 17.7 Å². The monoisotopic (exact) mass is 494 g/mol. The number of hydrogen-bond donors (Lipinski definition) is 2. The van der Waals surface area contributed by atoms with Gasteiger partial charge in [-0.05, 0) is 49.4 Å². The summed E-state index contributed by atoms with van der Waals surface area (Å²) in [5.74, 6) is -0.948. The number of aromatic nitrogens is 3. The van der Waals surface area contributed by atoms with E-state index in [-0.39, 0.29) is 30.4 Å². The third kappa shape index (κ3) is 6.55. The molecule has 34 heavy (non-hydrogen) atoms. The third-order valence-corrected chi connectivity index (χ3v) is 5.15. The Morgan fingerprint density at radius 3 is 2.32 bits per heavy atom. The summed E-state index contributed by atoms with van der Waals surface area (Å²) in [6, 6.07) is 8.02. The topological polar surface area (TPSA) is 92.2 Å². The van der Waals surface area contributed by atoms with Gasteiger partial charge < -0.3 is 10.6 Å². The molecule has 180 valence electrons. The fourth-order valence-corrected chi connectivity index (χ4v) is 3.31. The van der Waals surface area contributed by atoms with E-state index in [4.69, 9.17) is 11.6 Å². The lowest BCUT2D eigenvalue weighted by Gasteiger charge is -2.20. The van der Waals surface area contributed by atoms with Crippen LogP contribution in [-0.2, 0) is 15.8 Å². The molecule has 1 aromatic heterocycles. The van der Waals surface area contributed by atoms with Crippen LogP contribution in [0.3, 0.4) is 0 Å². The van der Waals surface area contributed by atoms with Crippen molar-refractivity contribution in [2.24, 2.45) is 0 Å². The van der Waals surface area contributed by atoms with Crippen LogP contribution in [0.1, 0.15) is 18.1 Å². The Hall–Kier alpha value is -3.44. The van der Waals surface area contributed by atoms with E-state index in [9.17, 15) is 22.8 Å². The normalized spacial score (nSPS) is 11.5. The highest BCUT2D eigenvalue weighted by Gasteiger charge is 2.31. The number of carbonyl (C=O) groups excluding carboxylic acids is 2. The van der Waals surface area contributed by atoms with Gasteiger partial charge in [-0.25, -0.2) is 9.67 Å². The van der Waals surface area contributed by atoms with Gasteiger partial charge >= 0.3 is 6.18 Å². The number of anilines is 2. The largest absolute Gasteiger partial charge is 0.416 e. The summed E-state index contributed by atoms with van der Waals surface area (Å²) in [6.07, 6.45) is -2.06. The van der Waals surface area contributed by atoms with Crippen LogP contribution in [0.2, 0.25) is 5.02 Å². The second-order valence-corrected chi connectivity index (χ2v) is 7.87. The minimum atomic E-state index is -4.59. The zero-order valence-corrected chi connectivity index (χ0v) is 19.1. The molecule has 0 aliphatic heterocycles. The predicted octanol–water partition coefficient (Wildman–Crippen LogP) is 4.15. The Bertz CT molecular complexity index is 1170. The van der Waals surface area contributed by atoms with Crippen molar-refractivity contribution in [3.8, 4) is 5.69 Å². The van der Waals surface area contributed by atoms with Crippen molar-refractivity contribution in [2.75, 3.05) is 30.3 Å². The first-order valence-corrected chi connectivity index (χ1v) is 10.6. The number of likely N-dealkylation sites (N-methyl/N-ethyl adjacent to an activating group) is 1. The molecule has 3 rings (SSSR count). The maximum atomic E-state index is 13.2. The Morgan fingerprint density at radius 2 is 1.74 bits per heavy atom. The fraction of sp³-hybridized carbons (Fsp3) is 0.273. The quantitative estimate of drug-likeness (QED) is 0.491. The molecule has 3 aromatic rings. The maximum absolute atomic E-state index is 13.2. The van der Waals surface area contributed by atoms with E-state index in [1.165, 1.54) is 23.4 Å². The molecule has 0 radical (unpaired) electrons. The molecular formula is C22H22ClF3N6O2. The molecule has 0 saturated carbocycles. The highest BCUT2D eigenvalue weighted by molar-refractivity contribution is 6.31. The second-order valence-electron chi connectivity index (χ2n) is 7.43. The summed E-state index contributed by atoms with van der Waals surface area (Å²) < 4.78 is 40.9. The number of benzene rings is 2. The van der Waals surface area contributed by atoms with E-state index >= 15 is 0 Å². The van der Waals surface area contributed by atoms with E-state index < -0.39 is 17.6 Å². The molecule has 2 aromatic carbocycles. The summed E-state index contributed by atoms with van der Waals surface area (Å²) in [4.78, 5) is 30.5. The van der Waals surface area contributed by atoms with Crippen LogP contribution in [-0.4, -0.2) is 51.1 Å². The molecule has 0 saturated heterocycles. The van der Waals surface area contributed by atoms with Gasteiger partial charge in [-0.15, -0.1) is 0 Å². The Labute approximate surface area is 198 Å². The lowest BCUT2D eigenvalue weighted by molar-refractivity contribution is -0.137. The number of aryl methyl sites for hydroxylation is 1.